The van der Waals surface area contributed by atoms with Crippen molar-refractivity contribution < 1.29 is 23.0 Å². The van der Waals surface area contributed by atoms with Gasteiger partial charge in [0.2, 0.25) is 0 Å². The molecule has 0 aliphatic rings. The number of carbonyl (C=O) groups excluding carboxylic acids is 1. The van der Waals surface area contributed by atoms with Gasteiger partial charge in [-0.15, -0.1) is 0 Å². The van der Waals surface area contributed by atoms with Crippen LogP contribution >= 0.6 is 11.6 Å². The molecule has 1 aromatic carbocycles. The fourth-order valence-corrected chi connectivity index (χ4v) is 2.38. The van der Waals surface area contributed by atoms with Crippen LogP contribution in [0.5, 0.6) is 5.75 Å². The van der Waals surface area contributed by atoms with Crippen LogP contribution in [0, 0.1) is 0 Å². The molecule has 2 aromatic rings. The lowest BCUT2D eigenvalue weighted by Crippen LogP contribution is -2.28. The van der Waals surface area contributed by atoms with Crippen molar-refractivity contribution in [2.75, 3.05) is 26.8 Å². The summed E-state index contributed by atoms with van der Waals surface area (Å²) in [6.07, 6.45) is -1.73. The first-order valence-electron chi connectivity index (χ1n) is 8.00. The quantitative estimate of drug-likeness (QED) is 0.615. The zero-order valence-corrected chi connectivity index (χ0v) is 15.2. The predicted molar refractivity (Wildman–Crippen MR) is 92.7 cm³/mol. The van der Waals surface area contributed by atoms with E-state index in [-0.39, 0.29) is 18.8 Å². The highest BCUT2D eigenvalue weighted by Crippen LogP contribution is 2.24. The molecule has 0 saturated carbocycles. The van der Waals surface area contributed by atoms with Gasteiger partial charge in [0.15, 0.2) is 0 Å². The molecule has 0 bridgehead atoms. The summed E-state index contributed by atoms with van der Waals surface area (Å²) >= 11 is 5.80. The Morgan fingerprint density at radius 3 is 2.65 bits per heavy atom. The number of aromatic nitrogens is 2. The third-order valence-corrected chi connectivity index (χ3v) is 3.77. The zero-order valence-electron chi connectivity index (χ0n) is 14.5. The van der Waals surface area contributed by atoms with Crippen molar-refractivity contribution >= 4 is 17.6 Å². The first-order valence-corrected chi connectivity index (χ1v) is 8.38. The lowest BCUT2D eigenvalue weighted by atomic mass is 10.2. The number of likely N-dealkylation sites (N-methyl/N-ethyl adjacent to an activating group) is 1. The number of carbonyl (C=O) groups is 1. The summed E-state index contributed by atoms with van der Waals surface area (Å²) in [5, 5.41) is 4.51. The molecule has 0 radical (unpaired) electrons. The summed E-state index contributed by atoms with van der Waals surface area (Å²) in [7, 11) is 1.74. The fourth-order valence-electron chi connectivity index (χ4n) is 2.25. The van der Waals surface area contributed by atoms with E-state index in [1.807, 2.05) is 0 Å². The van der Waals surface area contributed by atoms with E-state index in [1.54, 1.807) is 43.1 Å². The maximum Gasteiger partial charge on any atom is 0.341 e. The topological polar surface area (TPSA) is 56.6 Å². The molecule has 2 rings (SSSR count). The van der Waals surface area contributed by atoms with E-state index in [9.17, 15) is 13.6 Å². The molecule has 0 unspecified atom stereocenters. The summed E-state index contributed by atoms with van der Waals surface area (Å²) in [6, 6.07) is 6.93. The number of hydrogen-bond acceptors (Lipinski definition) is 5. The molecular weight excluding hydrogens is 368 g/mol. The Morgan fingerprint density at radius 2 is 2.04 bits per heavy atom. The Labute approximate surface area is 155 Å². The van der Waals surface area contributed by atoms with Crippen LogP contribution in [0.15, 0.2) is 30.5 Å². The van der Waals surface area contributed by atoms with Crippen LogP contribution in [-0.4, -0.2) is 47.5 Å². The SMILES string of the molecule is CCOC(=O)c1cnn(CN(C)CCOc2ccc(Cl)cc2)c1C(F)F. The molecule has 1 aromatic heterocycles. The number of esters is 1. The molecule has 26 heavy (non-hydrogen) atoms. The second-order valence-corrected chi connectivity index (χ2v) is 5.92. The van der Waals surface area contributed by atoms with Gasteiger partial charge in [-0.1, -0.05) is 11.6 Å². The van der Waals surface area contributed by atoms with Crippen molar-refractivity contribution in [3.05, 3.63) is 46.7 Å². The van der Waals surface area contributed by atoms with E-state index < -0.39 is 18.1 Å². The molecule has 6 nitrogen and oxygen atoms in total. The third-order valence-electron chi connectivity index (χ3n) is 3.51. The van der Waals surface area contributed by atoms with Crippen molar-refractivity contribution in [3.63, 3.8) is 0 Å². The van der Waals surface area contributed by atoms with E-state index in [1.165, 1.54) is 0 Å². The summed E-state index contributed by atoms with van der Waals surface area (Å²) in [5.74, 6) is -0.137. The smallest absolute Gasteiger partial charge is 0.341 e. The van der Waals surface area contributed by atoms with Crippen LogP contribution in [0.2, 0.25) is 5.02 Å². The number of benzene rings is 1. The molecular formula is C17H20ClF2N3O3. The highest BCUT2D eigenvalue weighted by molar-refractivity contribution is 6.30. The number of alkyl halides is 2. The number of rotatable bonds is 9. The van der Waals surface area contributed by atoms with Crippen LogP contribution in [0.25, 0.3) is 0 Å². The second kappa shape index (κ2) is 9.49. The van der Waals surface area contributed by atoms with Gasteiger partial charge in [-0.25, -0.2) is 18.3 Å². The summed E-state index contributed by atoms with van der Waals surface area (Å²) in [5.41, 5.74) is -0.665. The lowest BCUT2D eigenvalue weighted by Gasteiger charge is -2.18. The average molecular weight is 388 g/mol. The van der Waals surface area contributed by atoms with Gasteiger partial charge in [0.25, 0.3) is 6.43 Å². The maximum absolute atomic E-state index is 13.4. The van der Waals surface area contributed by atoms with Crippen molar-refractivity contribution in [3.8, 4) is 5.75 Å². The molecule has 0 amide bonds. The van der Waals surface area contributed by atoms with Gasteiger partial charge in [0.1, 0.15) is 23.6 Å². The number of hydrogen-bond donors (Lipinski definition) is 0. The number of nitrogens with zero attached hydrogens (tertiary/aromatic N) is 3. The Hall–Kier alpha value is -2.19. The Bertz CT molecular complexity index is 723. The molecule has 142 valence electrons. The fraction of sp³-hybridized carbons (Fsp3) is 0.412. The molecule has 0 fully saturated rings. The highest BCUT2D eigenvalue weighted by atomic mass is 35.5. The molecule has 1 heterocycles. The van der Waals surface area contributed by atoms with Crippen LogP contribution in [0.1, 0.15) is 29.4 Å². The van der Waals surface area contributed by atoms with Crippen LogP contribution in [0.3, 0.4) is 0 Å². The van der Waals surface area contributed by atoms with Gasteiger partial charge in [-0.2, -0.15) is 5.10 Å². The molecule has 0 aliphatic carbocycles. The summed E-state index contributed by atoms with van der Waals surface area (Å²) in [4.78, 5) is 13.5. The molecule has 9 heteroatoms. The first kappa shape index (κ1) is 20.1. The molecule has 0 N–H and O–H groups in total. The van der Waals surface area contributed by atoms with Crippen molar-refractivity contribution in [2.45, 2.75) is 20.0 Å². The highest BCUT2D eigenvalue weighted by Gasteiger charge is 2.25. The Morgan fingerprint density at radius 1 is 1.35 bits per heavy atom. The second-order valence-electron chi connectivity index (χ2n) is 5.49. The molecule has 0 saturated heterocycles. The largest absolute Gasteiger partial charge is 0.492 e. The van der Waals surface area contributed by atoms with Crippen molar-refractivity contribution in [1.29, 1.82) is 0 Å². The minimum Gasteiger partial charge on any atom is -0.492 e. The normalized spacial score (nSPS) is 11.2. The third kappa shape index (κ3) is 5.40. The molecule has 0 atom stereocenters. The minimum atomic E-state index is -2.84. The first-order chi connectivity index (χ1) is 12.4. The average Bonchev–Trinajstić information content (AvgIpc) is 3.00. The van der Waals surface area contributed by atoms with Gasteiger partial charge in [0.05, 0.1) is 19.5 Å². The minimum absolute atomic E-state index is 0.0864. The Balaban J connectivity index is 1.94. The number of halogens is 3. The lowest BCUT2D eigenvalue weighted by molar-refractivity contribution is 0.0512. The number of ether oxygens (including phenoxy) is 2. The van der Waals surface area contributed by atoms with Gasteiger partial charge >= 0.3 is 5.97 Å². The van der Waals surface area contributed by atoms with Crippen molar-refractivity contribution in [2.24, 2.45) is 0 Å². The van der Waals surface area contributed by atoms with E-state index >= 15 is 0 Å². The summed E-state index contributed by atoms with van der Waals surface area (Å²) < 4.78 is 38.2. The Kier molecular flexibility index (Phi) is 7.35. The van der Waals surface area contributed by atoms with Gasteiger partial charge in [0, 0.05) is 11.6 Å². The standard InChI is InChI=1S/C17H20ClF2N3O3/c1-3-25-17(24)14-10-21-23(15(14)16(19)20)11-22(2)8-9-26-13-6-4-12(18)5-7-13/h4-7,10,16H,3,8-9,11H2,1-2H3. The van der Waals surface area contributed by atoms with Gasteiger partial charge in [-0.05, 0) is 38.2 Å². The molecule has 0 spiro atoms. The van der Waals surface area contributed by atoms with E-state index in [0.29, 0.717) is 23.9 Å². The summed E-state index contributed by atoms with van der Waals surface area (Å²) in [6.45, 7) is 2.63. The molecule has 0 aliphatic heterocycles. The van der Waals surface area contributed by atoms with E-state index in [0.717, 1.165) is 10.9 Å². The van der Waals surface area contributed by atoms with E-state index in [2.05, 4.69) is 5.10 Å². The van der Waals surface area contributed by atoms with Crippen molar-refractivity contribution in [1.82, 2.24) is 14.7 Å². The van der Waals surface area contributed by atoms with E-state index in [4.69, 9.17) is 21.1 Å². The van der Waals surface area contributed by atoms with Crippen LogP contribution < -0.4 is 4.74 Å². The van der Waals surface area contributed by atoms with Crippen LogP contribution in [0.4, 0.5) is 8.78 Å². The van der Waals surface area contributed by atoms with Gasteiger partial charge < -0.3 is 9.47 Å². The van der Waals surface area contributed by atoms with Crippen LogP contribution in [-0.2, 0) is 11.4 Å². The van der Waals surface area contributed by atoms with Gasteiger partial charge in [-0.3, -0.25) is 4.90 Å². The zero-order chi connectivity index (χ0) is 19.1. The maximum atomic E-state index is 13.4. The monoisotopic (exact) mass is 387 g/mol. The predicted octanol–water partition coefficient (Wildman–Crippen LogP) is 3.62.